The summed E-state index contributed by atoms with van der Waals surface area (Å²) >= 11 is 0. The maximum Gasteiger partial charge on any atom is 0.323 e. The van der Waals surface area contributed by atoms with Gasteiger partial charge in [-0.05, 0) is 37.0 Å². The molecular formula is C15H17N3O2. The summed E-state index contributed by atoms with van der Waals surface area (Å²) in [5, 5.41) is 2.97. The highest BCUT2D eigenvalue weighted by molar-refractivity contribution is 5.79. The molecule has 0 radical (unpaired) electrons. The van der Waals surface area contributed by atoms with Crippen LogP contribution in [0.4, 0.5) is 0 Å². The first-order valence-corrected chi connectivity index (χ1v) is 6.86. The van der Waals surface area contributed by atoms with E-state index in [-0.39, 0.29) is 17.5 Å². The molecule has 0 unspecified atom stereocenters. The number of hydrogen-bond donors (Lipinski definition) is 3. The Kier molecular flexibility index (Phi) is 3.41. The van der Waals surface area contributed by atoms with E-state index >= 15 is 0 Å². The van der Waals surface area contributed by atoms with Gasteiger partial charge in [-0.25, -0.2) is 4.79 Å². The van der Waals surface area contributed by atoms with E-state index in [1.165, 1.54) is 0 Å². The van der Waals surface area contributed by atoms with Gasteiger partial charge in [0, 0.05) is 12.5 Å². The van der Waals surface area contributed by atoms with Crippen LogP contribution in [0.2, 0.25) is 0 Å². The quantitative estimate of drug-likeness (QED) is 0.745. The van der Waals surface area contributed by atoms with Gasteiger partial charge in [-0.15, -0.1) is 0 Å². The molecule has 0 spiro atoms. The maximum atomic E-state index is 12.0. The summed E-state index contributed by atoms with van der Waals surface area (Å²) in [6.45, 7) is 0.488. The molecule has 20 heavy (non-hydrogen) atoms. The summed E-state index contributed by atoms with van der Waals surface area (Å²) in [6.07, 6.45) is 6.93. The van der Waals surface area contributed by atoms with Crippen molar-refractivity contribution in [3.63, 3.8) is 0 Å². The maximum absolute atomic E-state index is 12.0. The van der Waals surface area contributed by atoms with Crippen LogP contribution >= 0.6 is 0 Å². The van der Waals surface area contributed by atoms with E-state index in [2.05, 4.69) is 27.4 Å². The van der Waals surface area contributed by atoms with Crippen molar-refractivity contribution in [3.8, 4) is 0 Å². The van der Waals surface area contributed by atoms with Crippen LogP contribution < -0.4 is 11.0 Å². The Morgan fingerprint density at radius 1 is 1.25 bits per heavy atom. The molecule has 5 nitrogen and oxygen atoms in total. The minimum Gasteiger partial charge on any atom is -0.352 e. The van der Waals surface area contributed by atoms with Gasteiger partial charge in [0.25, 0.3) is 0 Å². The van der Waals surface area contributed by atoms with E-state index in [1.54, 1.807) is 0 Å². The van der Waals surface area contributed by atoms with Crippen molar-refractivity contribution < 1.29 is 4.79 Å². The molecule has 1 aliphatic carbocycles. The fourth-order valence-corrected chi connectivity index (χ4v) is 2.55. The summed E-state index contributed by atoms with van der Waals surface area (Å²) in [6, 6.07) is 5.64. The number of aromatic nitrogens is 2. The third-order valence-corrected chi connectivity index (χ3v) is 3.69. The first-order valence-electron chi connectivity index (χ1n) is 6.86. The van der Waals surface area contributed by atoms with Gasteiger partial charge in [-0.2, -0.15) is 0 Å². The van der Waals surface area contributed by atoms with Crippen LogP contribution in [0.25, 0.3) is 11.0 Å². The van der Waals surface area contributed by atoms with Gasteiger partial charge in [-0.1, -0.05) is 18.2 Å². The number of benzene rings is 1. The normalized spacial score (nSPS) is 18.3. The molecule has 1 aromatic carbocycles. The predicted molar refractivity (Wildman–Crippen MR) is 77.2 cm³/mol. The summed E-state index contributed by atoms with van der Waals surface area (Å²) < 4.78 is 0. The molecular weight excluding hydrogens is 254 g/mol. The second-order valence-corrected chi connectivity index (χ2v) is 5.16. The Morgan fingerprint density at radius 2 is 2.10 bits per heavy atom. The number of fused-ring (bicyclic) bond motifs is 1. The summed E-state index contributed by atoms with van der Waals surface area (Å²) in [7, 11) is 0. The molecule has 0 aliphatic heterocycles. The number of aromatic amines is 2. The van der Waals surface area contributed by atoms with Crippen molar-refractivity contribution in [2.24, 2.45) is 5.92 Å². The Labute approximate surface area is 116 Å². The van der Waals surface area contributed by atoms with E-state index in [0.717, 1.165) is 35.9 Å². The molecule has 0 saturated carbocycles. The molecule has 1 aliphatic rings. The summed E-state index contributed by atoms with van der Waals surface area (Å²) in [5.41, 5.74) is 2.31. The Hall–Kier alpha value is -2.30. The van der Waals surface area contributed by atoms with Crippen molar-refractivity contribution in [1.82, 2.24) is 15.3 Å². The fraction of sp³-hybridized carbons (Fsp3) is 0.333. The highest BCUT2D eigenvalue weighted by Crippen LogP contribution is 2.18. The van der Waals surface area contributed by atoms with Gasteiger partial charge in [0.05, 0.1) is 11.0 Å². The predicted octanol–water partition coefficient (Wildman–Crippen LogP) is 1.83. The molecule has 0 fully saturated rings. The Morgan fingerprint density at radius 3 is 2.90 bits per heavy atom. The lowest BCUT2D eigenvalue weighted by atomic mass is 9.93. The molecule has 3 rings (SSSR count). The topological polar surface area (TPSA) is 77.8 Å². The minimum atomic E-state index is -0.213. The van der Waals surface area contributed by atoms with Crippen LogP contribution in [0.5, 0.6) is 0 Å². The summed E-state index contributed by atoms with van der Waals surface area (Å²) in [4.78, 5) is 28.6. The number of carbonyl (C=O) groups is 1. The average Bonchev–Trinajstić information content (AvgIpc) is 2.85. The SMILES string of the molecule is O=C(NCc1ccc2[nH]c(=O)[nH]c2c1)[C@H]1CC=CCC1. The van der Waals surface area contributed by atoms with Gasteiger partial charge in [0.1, 0.15) is 0 Å². The van der Waals surface area contributed by atoms with E-state index in [9.17, 15) is 9.59 Å². The minimum absolute atomic E-state index is 0.0933. The number of imidazole rings is 1. The second-order valence-electron chi connectivity index (χ2n) is 5.16. The number of H-pyrrole nitrogens is 2. The highest BCUT2D eigenvalue weighted by Gasteiger charge is 2.18. The lowest BCUT2D eigenvalue weighted by Gasteiger charge is -2.17. The summed E-state index contributed by atoms with van der Waals surface area (Å²) in [5.74, 6) is 0.202. The van der Waals surface area contributed by atoms with E-state index in [1.807, 2.05) is 18.2 Å². The Balaban J connectivity index is 1.65. The average molecular weight is 271 g/mol. The number of hydrogen-bond acceptors (Lipinski definition) is 2. The van der Waals surface area contributed by atoms with E-state index in [4.69, 9.17) is 0 Å². The fourth-order valence-electron chi connectivity index (χ4n) is 2.55. The van der Waals surface area contributed by atoms with Crippen LogP contribution in [-0.2, 0) is 11.3 Å². The lowest BCUT2D eigenvalue weighted by Crippen LogP contribution is -2.30. The standard InChI is InChI=1S/C15H17N3O2/c19-14(11-4-2-1-3-5-11)16-9-10-6-7-12-13(8-10)18-15(20)17-12/h1-2,6-8,11H,3-5,9H2,(H,16,19)(H2,17,18,20)/t11-/m0/s1. The van der Waals surface area contributed by atoms with E-state index < -0.39 is 0 Å². The van der Waals surface area contributed by atoms with Crippen LogP contribution in [0.15, 0.2) is 35.1 Å². The molecule has 3 N–H and O–H groups in total. The first kappa shape index (κ1) is 12.7. The van der Waals surface area contributed by atoms with Crippen molar-refractivity contribution in [2.75, 3.05) is 0 Å². The highest BCUT2D eigenvalue weighted by atomic mass is 16.2. The van der Waals surface area contributed by atoms with Gasteiger partial charge >= 0.3 is 5.69 Å². The second kappa shape index (κ2) is 5.36. The zero-order valence-electron chi connectivity index (χ0n) is 11.1. The first-order chi connectivity index (χ1) is 9.72. The van der Waals surface area contributed by atoms with Crippen LogP contribution in [0, 0.1) is 5.92 Å². The smallest absolute Gasteiger partial charge is 0.323 e. The molecule has 5 heteroatoms. The number of rotatable bonds is 3. The number of allylic oxidation sites excluding steroid dienone is 2. The zero-order valence-corrected chi connectivity index (χ0v) is 11.1. The van der Waals surface area contributed by atoms with Crippen molar-refractivity contribution >= 4 is 16.9 Å². The number of nitrogens with one attached hydrogen (secondary N) is 3. The lowest BCUT2D eigenvalue weighted by molar-refractivity contribution is -0.125. The molecule has 104 valence electrons. The van der Waals surface area contributed by atoms with Crippen molar-refractivity contribution in [3.05, 3.63) is 46.4 Å². The molecule has 2 aromatic rings. The van der Waals surface area contributed by atoms with Gasteiger partial charge < -0.3 is 15.3 Å². The third kappa shape index (κ3) is 2.66. The molecule has 1 amide bonds. The molecule has 0 saturated heterocycles. The zero-order chi connectivity index (χ0) is 13.9. The van der Waals surface area contributed by atoms with Gasteiger partial charge in [-0.3, -0.25) is 4.79 Å². The number of amides is 1. The molecule has 1 heterocycles. The molecule has 0 bridgehead atoms. The van der Waals surface area contributed by atoms with Crippen LogP contribution in [-0.4, -0.2) is 15.9 Å². The van der Waals surface area contributed by atoms with Gasteiger partial charge in [0.2, 0.25) is 5.91 Å². The number of carbonyl (C=O) groups excluding carboxylic acids is 1. The van der Waals surface area contributed by atoms with Crippen LogP contribution in [0.1, 0.15) is 24.8 Å². The molecule has 1 aromatic heterocycles. The van der Waals surface area contributed by atoms with Crippen LogP contribution in [0.3, 0.4) is 0 Å². The van der Waals surface area contributed by atoms with Crippen molar-refractivity contribution in [1.29, 1.82) is 0 Å². The van der Waals surface area contributed by atoms with Gasteiger partial charge in [0.15, 0.2) is 0 Å². The third-order valence-electron chi connectivity index (χ3n) is 3.69. The molecule has 1 atom stereocenters. The van der Waals surface area contributed by atoms with Crippen molar-refractivity contribution in [2.45, 2.75) is 25.8 Å². The Bertz CT molecular complexity index is 711. The largest absolute Gasteiger partial charge is 0.352 e. The van der Waals surface area contributed by atoms with E-state index in [0.29, 0.717) is 6.54 Å². The monoisotopic (exact) mass is 271 g/mol.